The molecule has 0 bridgehead atoms. The van der Waals surface area contributed by atoms with E-state index in [1.165, 1.54) is 17.7 Å². The van der Waals surface area contributed by atoms with Crippen molar-refractivity contribution in [2.24, 2.45) is 5.92 Å². The van der Waals surface area contributed by atoms with Crippen molar-refractivity contribution in [3.05, 3.63) is 78.2 Å². The molecule has 0 saturated heterocycles. The summed E-state index contributed by atoms with van der Waals surface area (Å²) in [7, 11) is 0. The molecule has 26 heavy (non-hydrogen) atoms. The molecule has 0 aliphatic heterocycles. The normalized spacial score (nSPS) is 20.9. The fraction of sp³-hybridized carbons (Fsp3) is 0.391. The third kappa shape index (κ3) is 6.30. The summed E-state index contributed by atoms with van der Waals surface area (Å²) in [6.07, 6.45) is 11.7. The summed E-state index contributed by atoms with van der Waals surface area (Å²) in [6.45, 7) is 8.71. The van der Waals surface area contributed by atoms with E-state index >= 15 is 0 Å². The molecule has 140 valence electrons. The van der Waals surface area contributed by atoms with Crippen molar-refractivity contribution in [1.29, 1.82) is 0 Å². The van der Waals surface area contributed by atoms with E-state index in [1.54, 1.807) is 6.92 Å². The Morgan fingerprint density at radius 3 is 2.54 bits per heavy atom. The molecule has 1 aromatic carbocycles. The molecule has 0 aromatic heterocycles. The maximum atomic E-state index is 13.5. The Labute approximate surface area is 156 Å². The highest BCUT2D eigenvalue weighted by atomic mass is 19.1. The van der Waals surface area contributed by atoms with Crippen LogP contribution in [0.3, 0.4) is 0 Å². The summed E-state index contributed by atoms with van der Waals surface area (Å²) >= 11 is 0. The number of rotatable bonds is 9. The fourth-order valence-corrected chi connectivity index (χ4v) is 2.94. The first-order chi connectivity index (χ1) is 12.7. The van der Waals surface area contributed by atoms with Crippen LogP contribution in [-0.2, 0) is 4.74 Å². The van der Waals surface area contributed by atoms with E-state index in [-0.39, 0.29) is 5.83 Å². The van der Waals surface area contributed by atoms with Crippen molar-refractivity contribution in [3.8, 4) is 5.75 Å². The van der Waals surface area contributed by atoms with Crippen LogP contribution in [0.2, 0.25) is 0 Å². The van der Waals surface area contributed by atoms with Gasteiger partial charge in [-0.3, -0.25) is 0 Å². The Hall–Kier alpha value is -2.13. The Morgan fingerprint density at radius 2 is 1.96 bits per heavy atom. The number of hydrogen-bond donors (Lipinski definition) is 0. The molecule has 0 saturated carbocycles. The topological polar surface area (TPSA) is 18.5 Å². The first kappa shape index (κ1) is 20.2. The van der Waals surface area contributed by atoms with E-state index in [2.05, 4.69) is 30.9 Å². The van der Waals surface area contributed by atoms with E-state index in [0.29, 0.717) is 31.7 Å². The number of benzene rings is 1. The molecule has 3 heteroatoms. The molecule has 0 amide bonds. The molecule has 0 fully saturated rings. The number of ether oxygens (including phenoxy) is 2. The zero-order valence-electron chi connectivity index (χ0n) is 15.8. The van der Waals surface area contributed by atoms with Crippen LogP contribution >= 0.6 is 0 Å². The van der Waals surface area contributed by atoms with Gasteiger partial charge >= 0.3 is 0 Å². The zero-order valence-corrected chi connectivity index (χ0v) is 15.8. The van der Waals surface area contributed by atoms with Gasteiger partial charge in [-0.25, -0.2) is 4.39 Å². The molecule has 0 spiro atoms. The van der Waals surface area contributed by atoms with Crippen LogP contribution in [0.4, 0.5) is 4.39 Å². The molecule has 2 nitrogen and oxygen atoms in total. The highest BCUT2D eigenvalue weighted by molar-refractivity contribution is 5.33. The first-order valence-corrected chi connectivity index (χ1v) is 9.28. The minimum absolute atomic E-state index is 0.277. The first-order valence-electron chi connectivity index (χ1n) is 9.28. The largest absolute Gasteiger partial charge is 0.489 e. The maximum absolute atomic E-state index is 13.5. The van der Waals surface area contributed by atoms with Crippen LogP contribution in [0.1, 0.15) is 38.2 Å². The molecule has 1 aliphatic carbocycles. The van der Waals surface area contributed by atoms with Crippen LogP contribution in [0, 0.1) is 5.92 Å². The van der Waals surface area contributed by atoms with Crippen molar-refractivity contribution in [2.45, 2.75) is 32.6 Å². The molecule has 0 radical (unpaired) electrons. The highest BCUT2D eigenvalue weighted by Crippen LogP contribution is 2.31. The molecule has 0 N–H and O–H groups in total. The molecule has 1 aliphatic rings. The van der Waals surface area contributed by atoms with Gasteiger partial charge in [0.1, 0.15) is 18.2 Å². The van der Waals surface area contributed by atoms with Gasteiger partial charge in [0.15, 0.2) is 0 Å². The van der Waals surface area contributed by atoms with E-state index in [0.717, 1.165) is 24.2 Å². The zero-order chi connectivity index (χ0) is 18.8. The van der Waals surface area contributed by atoms with Gasteiger partial charge in [-0.1, -0.05) is 36.4 Å². The molecule has 1 aromatic rings. The number of allylic oxidation sites excluding steroid dienone is 6. The summed E-state index contributed by atoms with van der Waals surface area (Å²) in [5.41, 5.74) is 2.07. The SMILES string of the molecule is C=CC1C=CC(c2ccc(OC/C(=C/C(F)=C\C)COCC)cc2)CC1. The molecular weight excluding hydrogens is 327 g/mol. The van der Waals surface area contributed by atoms with Crippen molar-refractivity contribution in [2.75, 3.05) is 19.8 Å². The predicted molar refractivity (Wildman–Crippen MR) is 106 cm³/mol. The van der Waals surface area contributed by atoms with Crippen molar-refractivity contribution < 1.29 is 13.9 Å². The summed E-state index contributed by atoms with van der Waals surface area (Å²) in [6, 6.07) is 8.17. The van der Waals surface area contributed by atoms with Gasteiger partial charge in [-0.15, -0.1) is 6.58 Å². The lowest BCUT2D eigenvalue weighted by Crippen LogP contribution is -2.08. The van der Waals surface area contributed by atoms with E-state index < -0.39 is 0 Å². The molecule has 2 rings (SSSR count). The average Bonchev–Trinajstić information content (AvgIpc) is 2.70. The summed E-state index contributed by atoms with van der Waals surface area (Å²) < 4.78 is 24.7. The lowest BCUT2D eigenvalue weighted by atomic mass is 9.84. The number of hydrogen-bond acceptors (Lipinski definition) is 2. The predicted octanol–water partition coefficient (Wildman–Crippen LogP) is 6.14. The van der Waals surface area contributed by atoms with Crippen molar-refractivity contribution in [3.63, 3.8) is 0 Å². The minimum Gasteiger partial charge on any atom is -0.489 e. The van der Waals surface area contributed by atoms with Gasteiger partial charge in [-0.2, -0.15) is 0 Å². The van der Waals surface area contributed by atoms with E-state index in [4.69, 9.17) is 9.47 Å². The monoisotopic (exact) mass is 356 g/mol. The second kappa shape index (κ2) is 10.8. The van der Waals surface area contributed by atoms with Crippen LogP contribution in [0.5, 0.6) is 5.75 Å². The van der Waals surface area contributed by atoms with Gasteiger partial charge in [0.2, 0.25) is 0 Å². The lowest BCUT2D eigenvalue weighted by Gasteiger charge is -2.21. The minimum atomic E-state index is -0.277. The summed E-state index contributed by atoms with van der Waals surface area (Å²) in [4.78, 5) is 0. The second-order valence-electron chi connectivity index (χ2n) is 6.44. The third-order valence-corrected chi connectivity index (χ3v) is 4.55. The van der Waals surface area contributed by atoms with Crippen molar-refractivity contribution in [1.82, 2.24) is 0 Å². The van der Waals surface area contributed by atoms with Crippen LogP contribution in [-0.4, -0.2) is 19.8 Å². The Bertz CT molecular complexity index is 655. The van der Waals surface area contributed by atoms with Gasteiger partial charge in [0.05, 0.1) is 6.61 Å². The van der Waals surface area contributed by atoms with Gasteiger partial charge in [0.25, 0.3) is 0 Å². The maximum Gasteiger partial charge on any atom is 0.119 e. The molecule has 2 unspecified atom stereocenters. The standard InChI is InChI=1S/C23H29FO2/c1-4-18-7-9-20(10-8-18)21-11-13-23(14-12-21)26-17-19(16-25-6-3)15-22(24)5-2/h4-5,7,9,11-15,18,20H,1,6,8,10,16-17H2,2-3H3/b19-15+,22-5+. The van der Waals surface area contributed by atoms with Gasteiger partial charge < -0.3 is 9.47 Å². The Balaban J connectivity index is 1.95. The highest BCUT2D eigenvalue weighted by Gasteiger charge is 2.15. The molecular formula is C23H29FO2. The average molecular weight is 356 g/mol. The number of halogens is 1. The molecule has 2 atom stereocenters. The second-order valence-corrected chi connectivity index (χ2v) is 6.44. The molecule has 0 heterocycles. The quantitative estimate of drug-likeness (QED) is 0.391. The van der Waals surface area contributed by atoms with Gasteiger partial charge in [0, 0.05) is 12.5 Å². The van der Waals surface area contributed by atoms with Crippen LogP contribution in [0.15, 0.2) is 72.6 Å². The lowest BCUT2D eigenvalue weighted by molar-refractivity contribution is 0.162. The van der Waals surface area contributed by atoms with Gasteiger partial charge in [-0.05, 0) is 62.0 Å². The Kier molecular flexibility index (Phi) is 8.36. The Morgan fingerprint density at radius 1 is 1.19 bits per heavy atom. The van der Waals surface area contributed by atoms with E-state index in [1.807, 2.05) is 25.1 Å². The summed E-state index contributed by atoms with van der Waals surface area (Å²) in [5, 5.41) is 0. The fourth-order valence-electron chi connectivity index (χ4n) is 2.94. The van der Waals surface area contributed by atoms with Crippen molar-refractivity contribution >= 4 is 0 Å². The third-order valence-electron chi connectivity index (χ3n) is 4.55. The smallest absolute Gasteiger partial charge is 0.119 e. The van der Waals surface area contributed by atoms with Crippen LogP contribution in [0.25, 0.3) is 0 Å². The van der Waals surface area contributed by atoms with E-state index in [9.17, 15) is 4.39 Å². The van der Waals surface area contributed by atoms with Crippen LogP contribution < -0.4 is 4.74 Å². The summed E-state index contributed by atoms with van der Waals surface area (Å²) in [5.74, 6) is 1.46.